The first-order chi connectivity index (χ1) is 17.1. The second-order valence-corrected chi connectivity index (χ2v) is 12.8. The molecule has 2 atom stereocenters. The van der Waals surface area contributed by atoms with Gasteiger partial charge in [-0.1, -0.05) is 0 Å². The number of pyridine rings is 1. The van der Waals surface area contributed by atoms with Crippen LogP contribution < -0.4 is 4.72 Å². The molecular formula is C26H37FN4O4S. The first kappa shape index (κ1) is 25.6. The van der Waals surface area contributed by atoms with Crippen LogP contribution in [0, 0.1) is 12.8 Å². The number of halogens is 1. The van der Waals surface area contributed by atoms with E-state index in [1.165, 1.54) is 10.5 Å². The number of aryl methyl sites for hydroxylation is 1. The Hall–Kier alpha value is -2.04. The number of imidazole rings is 1. The molecule has 198 valence electrons. The molecule has 0 radical (unpaired) electrons. The number of aromatic nitrogens is 2. The van der Waals surface area contributed by atoms with Gasteiger partial charge in [0.2, 0.25) is 10.0 Å². The van der Waals surface area contributed by atoms with Crippen molar-refractivity contribution in [2.45, 2.75) is 82.0 Å². The fourth-order valence-electron chi connectivity index (χ4n) is 5.99. The minimum absolute atomic E-state index is 0.220. The molecule has 0 spiro atoms. The van der Waals surface area contributed by atoms with Crippen molar-refractivity contribution in [2.75, 3.05) is 26.0 Å². The molecule has 2 aromatic heterocycles. The van der Waals surface area contributed by atoms with Crippen LogP contribution in [0.5, 0.6) is 0 Å². The smallest absolute Gasteiger partial charge is 0.260 e. The van der Waals surface area contributed by atoms with E-state index in [-0.39, 0.29) is 19.4 Å². The van der Waals surface area contributed by atoms with Crippen molar-refractivity contribution in [1.29, 1.82) is 0 Å². The Balaban J connectivity index is 1.17. The SMILES string of the molecule is Cc1ncc2cc(C3CCC(COC4CN(C(=O)C5(F)CCC5)CCC4NS(C)(=O)=O)CC3)ccn12. The van der Waals surface area contributed by atoms with Gasteiger partial charge in [0.1, 0.15) is 5.82 Å². The summed E-state index contributed by atoms with van der Waals surface area (Å²) in [4.78, 5) is 18.7. The number of ether oxygens (including phenoxy) is 1. The molecule has 2 aromatic rings. The first-order valence-electron chi connectivity index (χ1n) is 13.1. The van der Waals surface area contributed by atoms with E-state index in [0.717, 1.165) is 49.7 Å². The van der Waals surface area contributed by atoms with Crippen LogP contribution in [-0.4, -0.2) is 72.4 Å². The molecule has 1 saturated heterocycles. The molecule has 0 bridgehead atoms. The minimum atomic E-state index is -3.43. The summed E-state index contributed by atoms with van der Waals surface area (Å²) in [7, 11) is -3.43. The number of amides is 1. The van der Waals surface area contributed by atoms with Gasteiger partial charge >= 0.3 is 0 Å². The molecule has 2 unspecified atom stereocenters. The summed E-state index contributed by atoms with van der Waals surface area (Å²) in [6.07, 6.45) is 10.6. The van der Waals surface area contributed by atoms with Gasteiger partial charge in [0.25, 0.3) is 5.91 Å². The van der Waals surface area contributed by atoms with Crippen LogP contribution in [0.3, 0.4) is 0 Å². The predicted molar refractivity (Wildman–Crippen MR) is 135 cm³/mol. The number of sulfonamides is 1. The van der Waals surface area contributed by atoms with Crippen molar-refractivity contribution in [3.63, 3.8) is 0 Å². The van der Waals surface area contributed by atoms with Gasteiger partial charge in [-0.3, -0.25) is 4.79 Å². The number of alkyl halides is 1. The van der Waals surface area contributed by atoms with Crippen LogP contribution in [0.1, 0.15) is 68.7 Å². The third kappa shape index (κ3) is 5.45. The average molecular weight is 521 g/mol. The maximum Gasteiger partial charge on any atom is 0.260 e. The topological polar surface area (TPSA) is 93.0 Å². The van der Waals surface area contributed by atoms with Crippen molar-refractivity contribution in [1.82, 2.24) is 19.0 Å². The summed E-state index contributed by atoms with van der Waals surface area (Å²) in [6.45, 7) is 3.07. The largest absolute Gasteiger partial charge is 0.374 e. The second kappa shape index (κ2) is 10.0. The van der Waals surface area contributed by atoms with Crippen LogP contribution in [0.15, 0.2) is 24.5 Å². The van der Waals surface area contributed by atoms with Crippen molar-refractivity contribution in [3.05, 3.63) is 35.9 Å². The molecule has 10 heteroatoms. The molecule has 36 heavy (non-hydrogen) atoms. The molecule has 0 aromatic carbocycles. The highest BCUT2D eigenvalue weighted by Gasteiger charge is 2.48. The molecule has 5 rings (SSSR count). The number of fused-ring (bicyclic) bond motifs is 1. The highest BCUT2D eigenvalue weighted by molar-refractivity contribution is 7.88. The van der Waals surface area contributed by atoms with Crippen molar-refractivity contribution < 1.29 is 22.3 Å². The van der Waals surface area contributed by atoms with E-state index in [1.54, 1.807) is 0 Å². The van der Waals surface area contributed by atoms with Gasteiger partial charge in [0.05, 0.1) is 30.1 Å². The highest BCUT2D eigenvalue weighted by Crippen LogP contribution is 2.39. The number of carbonyl (C=O) groups is 1. The van der Waals surface area contributed by atoms with Gasteiger partial charge in [-0.25, -0.2) is 22.5 Å². The summed E-state index contributed by atoms with van der Waals surface area (Å²) in [6, 6.07) is 4.01. The molecule has 2 saturated carbocycles. The van der Waals surface area contributed by atoms with Crippen molar-refractivity contribution in [3.8, 4) is 0 Å². The van der Waals surface area contributed by atoms with Gasteiger partial charge < -0.3 is 14.0 Å². The van der Waals surface area contributed by atoms with Crippen molar-refractivity contribution >= 4 is 21.4 Å². The molecule has 2 aliphatic carbocycles. The Kier molecular flexibility index (Phi) is 7.13. The number of carbonyl (C=O) groups excluding carboxylic acids is 1. The lowest BCUT2D eigenvalue weighted by molar-refractivity contribution is -0.155. The third-order valence-electron chi connectivity index (χ3n) is 8.35. The van der Waals surface area contributed by atoms with E-state index >= 15 is 0 Å². The summed E-state index contributed by atoms with van der Waals surface area (Å²) < 4.78 is 49.7. The normalized spacial score (nSPS) is 28.7. The summed E-state index contributed by atoms with van der Waals surface area (Å²) in [5.41, 5.74) is 0.712. The van der Waals surface area contributed by atoms with Gasteiger partial charge in [-0.15, -0.1) is 0 Å². The van der Waals surface area contributed by atoms with E-state index in [0.29, 0.717) is 31.4 Å². The Morgan fingerprint density at radius 3 is 2.67 bits per heavy atom. The van der Waals surface area contributed by atoms with Crippen LogP contribution >= 0.6 is 0 Å². The predicted octanol–water partition coefficient (Wildman–Crippen LogP) is 3.34. The minimum Gasteiger partial charge on any atom is -0.374 e. The number of hydrogen-bond donors (Lipinski definition) is 1. The number of piperidine rings is 1. The number of likely N-dealkylation sites (tertiary alicyclic amines) is 1. The van der Waals surface area contributed by atoms with Gasteiger partial charge in [0.15, 0.2) is 5.67 Å². The van der Waals surface area contributed by atoms with Crippen LogP contribution in [0.4, 0.5) is 4.39 Å². The molecule has 8 nitrogen and oxygen atoms in total. The van der Waals surface area contributed by atoms with Crippen LogP contribution in [0.2, 0.25) is 0 Å². The Morgan fingerprint density at radius 1 is 1.25 bits per heavy atom. The Bertz CT molecular complexity index is 1200. The van der Waals surface area contributed by atoms with Gasteiger partial charge in [-0.05, 0) is 87.8 Å². The zero-order valence-corrected chi connectivity index (χ0v) is 22.0. The van der Waals surface area contributed by atoms with E-state index < -0.39 is 33.7 Å². The van der Waals surface area contributed by atoms with E-state index in [2.05, 4.69) is 32.4 Å². The van der Waals surface area contributed by atoms with Crippen molar-refractivity contribution in [2.24, 2.45) is 5.92 Å². The lowest BCUT2D eigenvalue weighted by Crippen LogP contribution is -2.60. The quantitative estimate of drug-likeness (QED) is 0.605. The van der Waals surface area contributed by atoms with Gasteiger partial charge in [0, 0.05) is 25.9 Å². The highest BCUT2D eigenvalue weighted by atomic mass is 32.2. The number of hydrogen-bond acceptors (Lipinski definition) is 5. The maximum absolute atomic E-state index is 14.8. The van der Waals surface area contributed by atoms with E-state index in [1.807, 2.05) is 13.1 Å². The van der Waals surface area contributed by atoms with E-state index in [9.17, 15) is 17.6 Å². The van der Waals surface area contributed by atoms with E-state index in [4.69, 9.17) is 4.74 Å². The number of nitrogens with zero attached hydrogens (tertiary/aromatic N) is 3. The monoisotopic (exact) mass is 520 g/mol. The fourth-order valence-corrected chi connectivity index (χ4v) is 6.81. The molecule has 1 N–H and O–H groups in total. The summed E-state index contributed by atoms with van der Waals surface area (Å²) >= 11 is 0. The zero-order valence-electron chi connectivity index (χ0n) is 21.2. The standard InChI is InChI=1S/C26H37FN4O4S/c1-18-28-15-22-14-21(8-13-31(18)22)20-6-4-19(5-7-20)17-35-24-16-30(25(32)26(27)10-3-11-26)12-9-23(24)29-36(2,33)34/h8,13-15,19-20,23-24,29H,3-7,9-12,16-17H2,1-2H3. The lowest BCUT2D eigenvalue weighted by atomic mass is 9.79. The molecular weight excluding hydrogens is 483 g/mol. The Labute approximate surface area is 212 Å². The van der Waals surface area contributed by atoms with Gasteiger partial charge in [-0.2, -0.15) is 0 Å². The van der Waals surface area contributed by atoms with Crippen LogP contribution in [0.25, 0.3) is 5.52 Å². The second-order valence-electron chi connectivity index (χ2n) is 11.0. The Morgan fingerprint density at radius 2 is 2.00 bits per heavy atom. The maximum atomic E-state index is 14.8. The summed E-state index contributed by atoms with van der Waals surface area (Å²) in [5.74, 6) is 1.41. The molecule has 1 aliphatic heterocycles. The third-order valence-corrected chi connectivity index (χ3v) is 9.08. The summed E-state index contributed by atoms with van der Waals surface area (Å²) in [5, 5.41) is 0. The number of rotatable bonds is 7. The number of nitrogens with one attached hydrogen (secondary N) is 1. The lowest BCUT2D eigenvalue weighted by Gasteiger charge is -2.43. The molecule has 3 aliphatic rings. The molecule has 3 fully saturated rings. The van der Waals surface area contributed by atoms with Crippen LogP contribution in [-0.2, 0) is 19.6 Å². The molecule has 1 amide bonds. The first-order valence-corrected chi connectivity index (χ1v) is 15.0. The zero-order chi connectivity index (χ0) is 25.5. The molecule has 3 heterocycles. The fraction of sp³-hybridized carbons (Fsp3) is 0.692. The average Bonchev–Trinajstić information content (AvgIpc) is 3.21.